The minimum Gasteiger partial charge on any atom is -0.490 e. The minimum absolute atomic E-state index is 0.00849. The molecule has 0 N–H and O–H groups in total. The highest BCUT2D eigenvalue weighted by molar-refractivity contribution is 6.35. The van der Waals surface area contributed by atoms with E-state index >= 15 is 0 Å². The summed E-state index contributed by atoms with van der Waals surface area (Å²) in [6.45, 7) is 19.8. The molecule has 190 valence electrons. The monoisotopic (exact) mass is 486 g/mol. The molecule has 1 heterocycles. The largest absolute Gasteiger partial charge is 0.490 e. The number of Topliss-reactive ketones (excluding diaryl/α,β-unsaturated/α-hetero) is 3. The maximum atomic E-state index is 14.8. The summed E-state index contributed by atoms with van der Waals surface area (Å²) in [4.78, 5) is 43.5. The molecular formula is C32H38O4. The van der Waals surface area contributed by atoms with Gasteiger partial charge < -0.3 is 4.74 Å². The lowest BCUT2D eigenvalue weighted by molar-refractivity contribution is -0.188. The highest BCUT2D eigenvalue weighted by Gasteiger charge is 2.74. The summed E-state index contributed by atoms with van der Waals surface area (Å²) in [7, 11) is 0. The van der Waals surface area contributed by atoms with E-state index in [2.05, 4.69) is 19.7 Å². The van der Waals surface area contributed by atoms with Gasteiger partial charge in [-0.3, -0.25) is 14.4 Å². The third kappa shape index (κ3) is 3.37. The van der Waals surface area contributed by atoms with Crippen LogP contribution in [0.1, 0.15) is 70.2 Å². The van der Waals surface area contributed by atoms with Crippen molar-refractivity contribution < 1.29 is 19.1 Å². The Morgan fingerprint density at radius 2 is 1.53 bits per heavy atom. The first-order valence-corrected chi connectivity index (χ1v) is 12.9. The van der Waals surface area contributed by atoms with E-state index in [0.717, 1.165) is 0 Å². The van der Waals surface area contributed by atoms with E-state index in [4.69, 9.17) is 4.74 Å². The lowest BCUT2D eigenvalue weighted by Crippen LogP contribution is -2.69. The number of carbonyl (C=O) groups is 3. The summed E-state index contributed by atoms with van der Waals surface area (Å²) in [6.07, 6.45) is 7.94. The lowest BCUT2D eigenvalue weighted by Gasteiger charge is -2.63. The molecule has 0 radical (unpaired) electrons. The second-order valence-electron chi connectivity index (χ2n) is 11.8. The maximum absolute atomic E-state index is 14.8. The first-order chi connectivity index (χ1) is 16.9. The van der Waals surface area contributed by atoms with Crippen molar-refractivity contribution in [2.45, 2.75) is 65.4 Å². The van der Waals surface area contributed by atoms with E-state index < -0.39 is 27.6 Å². The van der Waals surface area contributed by atoms with E-state index in [1.54, 1.807) is 30.3 Å². The van der Waals surface area contributed by atoms with Crippen molar-refractivity contribution in [2.75, 3.05) is 0 Å². The molecule has 2 fully saturated rings. The van der Waals surface area contributed by atoms with Gasteiger partial charge >= 0.3 is 0 Å². The number of fused-ring (bicyclic) bond motifs is 1. The Morgan fingerprint density at radius 3 is 2.11 bits per heavy atom. The van der Waals surface area contributed by atoms with Gasteiger partial charge in [0.2, 0.25) is 0 Å². The summed E-state index contributed by atoms with van der Waals surface area (Å²) >= 11 is 0. The van der Waals surface area contributed by atoms with Crippen LogP contribution >= 0.6 is 0 Å². The average molecular weight is 487 g/mol. The lowest BCUT2D eigenvalue weighted by atomic mass is 9.39. The quantitative estimate of drug-likeness (QED) is 0.175. The van der Waals surface area contributed by atoms with Gasteiger partial charge in [-0.05, 0) is 57.3 Å². The van der Waals surface area contributed by atoms with Crippen molar-refractivity contribution in [1.29, 1.82) is 0 Å². The zero-order valence-corrected chi connectivity index (χ0v) is 22.1. The molecule has 1 aromatic carbocycles. The third-order valence-corrected chi connectivity index (χ3v) is 9.37. The van der Waals surface area contributed by atoms with Crippen LogP contribution in [0, 0.1) is 28.1 Å². The predicted octanol–water partition coefficient (Wildman–Crippen LogP) is 6.84. The minimum atomic E-state index is -1.40. The van der Waals surface area contributed by atoms with Crippen LogP contribution in [-0.2, 0) is 14.3 Å². The first-order valence-electron chi connectivity index (χ1n) is 12.9. The molecule has 1 spiro atoms. The fraction of sp³-hybridized carbons (Fsp3) is 0.469. The number of benzene rings is 1. The number of ketones is 3. The molecule has 1 saturated heterocycles. The highest BCUT2D eigenvalue weighted by Crippen LogP contribution is 2.69. The van der Waals surface area contributed by atoms with Crippen molar-refractivity contribution >= 4 is 17.3 Å². The van der Waals surface area contributed by atoms with Gasteiger partial charge in [-0.25, -0.2) is 0 Å². The Bertz CT molecular complexity index is 1160. The number of ether oxygens (including phenoxy) is 1. The fourth-order valence-corrected chi connectivity index (χ4v) is 7.15. The molecule has 3 aliphatic rings. The number of carbonyl (C=O) groups excluding carboxylic acids is 3. The zero-order valence-electron chi connectivity index (χ0n) is 22.1. The molecule has 4 atom stereocenters. The molecule has 0 aromatic heterocycles. The van der Waals surface area contributed by atoms with E-state index in [-0.39, 0.29) is 41.2 Å². The van der Waals surface area contributed by atoms with Gasteiger partial charge in [0, 0.05) is 11.5 Å². The summed E-state index contributed by atoms with van der Waals surface area (Å²) < 4.78 is 6.65. The second kappa shape index (κ2) is 8.83. The van der Waals surface area contributed by atoms with Crippen molar-refractivity contribution in [2.24, 2.45) is 28.1 Å². The Hall–Kier alpha value is -3.01. The van der Waals surface area contributed by atoms with E-state index in [1.807, 2.05) is 45.9 Å². The van der Waals surface area contributed by atoms with Gasteiger partial charge in [-0.1, -0.05) is 62.4 Å². The molecule has 1 aliphatic heterocycles. The maximum Gasteiger partial charge on any atom is 0.200 e. The molecule has 2 aliphatic carbocycles. The number of hydrogen-bond acceptors (Lipinski definition) is 4. The summed E-state index contributed by atoms with van der Waals surface area (Å²) in [5, 5.41) is 0. The fourth-order valence-electron chi connectivity index (χ4n) is 7.15. The summed E-state index contributed by atoms with van der Waals surface area (Å²) in [5.74, 6) is -0.624. The second-order valence-corrected chi connectivity index (χ2v) is 11.8. The van der Waals surface area contributed by atoms with Gasteiger partial charge in [0.15, 0.2) is 17.3 Å². The topological polar surface area (TPSA) is 60.4 Å². The van der Waals surface area contributed by atoms with E-state index in [0.29, 0.717) is 31.2 Å². The Labute approximate surface area is 215 Å². The number of hydrogen-bond donors (Lipinski definition) is 0. The standard InChI is InChI=1S/C32H38O4/c1-8-14-22-19-31-20-23(15-9-2)30(6,7)36-27(31)24(25(33)21-16-12-11-13-17-21)26(34)32(18-10-3,28(31)35)29(22,4)5/h8-13,16-17,22-23H,1-3,14-15,18-20H2,4-7H3/t22-,23-,31+,32+/m1/s1. The van der Waals surface area contributed by atoms with Crippen LogP contribution in [0.4, 0.5) is 0 Å². The zero-order chi connectivity index (χ0) is 26.5. The van der Waals surface area contributed by atoms with Gasteiger partial charge in [0.05, 0.1) is 5.41 Å². The Balaban J connectivity index is 2.09. The molecule has 1 aromatic rings. The molecule has 4 nitrogen and oxygen atoms in total. The van der Waals surface area contributed by atoms with E-state index in [9.17, 15) is 14.4 Å². The number of allylic oxidation sites excluding steroid dienone is 5. The Morgan fingerprint density at radius 1 is 0.944 bits per heavy atom. The molecule has 0 unspecified atom stereocenters. The highest BCUT2D eigenvalue weighted by atomic mass is 16.5. The third-order valence-electron chi connectivity index (χ3n) is 9.37. The first kappa shape index (κ1) is 26.1. The van der Waals surface area contributed by atoms with Crippen LogP contribution in [0.25, 0.3) is 0 Å². The molecule has 0 amide bonds. The van der Waals surface area contributed by atoms with Crippen LogP contribution in [-0.4, -0.2) is 23.0 Å². The molecule has 4 rings (SSSR count). The van der Waals surface area contributed by atoms with Gasteiger partial charge in [-0.2, -0.15) is 0 Å². The smallest absolute Gasteiger partial charge is 0.200 e. The van der Waals surface area contributed by atoms with Crippen molar-refractivity contribution in [3.8, 4) is 0 Å². The van der Waals surface area contributed by atoms with E-state index in [1.165, 1.54) is 0 Å². The van der Waals surface area contributed by atoms with Gasteiger partial charge in [-0.15, -0.1) is 19.7 Å². The average Bonchev–Trinajstić information content (AvgIpc) is 2.83. The normalized spacial score (nSPS) is 32.2. The molecule has 4 heteroatoms. The van der Waals surface area contributed by atoms with Gasteiger partial charge in [0.1, 0.15) is 22.3 Å². The van der Waals surface area contributed by atoms with Gasteiger partial charge in [0.25, 0.3) is 0 Å². The van der Waals surface area contributed by atoms with Crippen LogP contribution < -0.4 is 0 Å². The molecule has 1 saturated carbocycles. The van der Waals surface area contributed by atoms with Crippen LogP contribution in [0.5, 0.6) is 0 Å². The van der Waals surface area contributed by atoms with Crippen molar-refractivity contribution in [3.63, 3.8) is 0 Å². The summed E-state index contributed by atoms with van der Waals surface area (Å²) in [5.41, 5.74) is -3.37. The van der Waals surface area contributed by atoms with Crippen LogP contribution in [0.2, 0.25) is 0 Å². The number of rotatable bonds is 8. The molecular weight excluding hydrogens is 448 g/mol. The SMILES string of the molecule is C=CC[C@@H]1C[C@@]23C[C@@H](CC=C)C(C)(C)[C@@](CC=C)(C(=O)C(C(=O)c4ccccc4)=C2OC1(C)C)C3=O. The van der Waals surface area contributed by atoms with Crippen molar-refractivity contribution in [1.82, 2.24) is 0 Å². The summed E-state index contributed by atoms with van der Waals surface area (Å²) in [6, 6.07) is 8.82. The Kier molecular flexibility index (Phi) is 6.39. The van der Waals surface area contributed by atoms with Crippen LogP contribution in [0.3, 0.4) is 0 Å². The molecule has 36 heavy (non-hydrogen) atoms. The van der Waals surface area contributed by atoms with Crippen molar-refractivity contribution in [3.05, 3.63) is 85.2 Å². The molecule has 2 bridgehead atoms. The predicted molar refractivity (Wildman–Crippen MR) is 142 cm³/mol. The van der Waals surface area contributed by atoms with Crippen LogP contribution in [0.15, 0.2) is 79.6 Å².